The Morgan fingerprint density at radius 2 is 2.41 bits per heavy atom. The molecule has 1 N–H and O–H groups in total. The maximum Gasteiger partial charge on any atom is 0.302 e. The molecule has 3 heterocycles. The van der Waals surface area contributed by atoms with Gasteiger partial charge in [-0.2, -0.15) is 0 Å². The maximum atomic E-state index is 9.82. The van der Waals surface area contributed by atoms with E-state index in [1.807, 2.05) is 11.3 Å². The van der Waals surface area contributed by atoms with Gasteiger partial charge in [-0.1, -0.05) is 0 Å². The second-order valence-corrected chi connectivity index (χ2v) is 5.42. The van der Waals surface area contributed by atoms with Gasteiger partial charge in [0, 0.05) is 23.9 Å². The average molecular weight is 253 g/mol. The first-order valence-electron chi connectivity index (χ1n) is 6.16. The number of thiophene rings is 1. The van der Waals surface area contributed by atoms with E-state index < -0.39 is 0 Å². The van der Waals surface area contributed by atoms with E-state index in [1.165, 1.54) is 26.2 Å². The number of hydrogen-bond donors (Lipinski definition) is 1. The summed E-state index contributed by atoms with van der Waals surface area (Å²) in [6.45, 7) is 3.65. The molecule has 1 saturated heterocycles. The monoisotopic (exact) mass is 253 g/mol. The van der Waals surface area contributed by atoms with Crippen molar-refractivity contribution in [2.45, 2.75) is 45.2 Å². The van der Waals surface area contributed by atoms with Crippen molar-refractivity contribution >= 4 is 17.3 Å². The lowest BCUT2D eigenvalue weighted by molar-refractivity contribution is -0.140. The van der Waals surface area contributed by atoms with Crippen LogP contribution in [0.1, 0.15) is 43.2 Å². The summed E-state index contributed by atoms with van der Waals surface area (Å²) in [5.41, 5.74) is 1.59. The highest BCUT2D eigenvalue weighted by molar-refractivity contribution is 7.10. The fraction of sp³-hybridized carbons (Fsp3) is 0.615. The lowest BCUT2D eigenvalue weighted by atomic mass is 10.0. The fourth-order valence-corrected chi connectivity index (χ4v) is 3.50. The largest absolute Gasteiger partial charge is 0.466 e. The Hall–Kier alpha value is -0.870. The normalized spacial score (nSPS) is 24.6. The summed E-state index contributed by atoms with van der Waals surface area (Å²) in [4.78, 5) is 11.5. The molecule has 1 fully saturated rings. The summed E-state index contributed by atoms with van der Waals surface area (Å²) in [6, 6.07) is 3.79. The molecular weight excluding hydrogens is 234 g/mol. The van der Waals surface area contributed by atoms with Crippen molar-refractivity contribution in [3.63, 3.8) is 0 Å². The standard InChI is InChI=1S/C9H11NS.C4H8O2/c1-2-8-7-3-4-11-9(7)5-6(1)10-8;1-3-6-4(2)5/h3-4,6,8,10H,1-2,5H2;3H2,1-2H3. The lowest BCUT2D eigenvalue weighted by Crippen LogP contribution is -2.30. The van der Waals surface area contributed by atoms with E-state index in [0.29, 0.717) is 12.6 Å². The summed E-state index contributed by atoms with van der Waals surface area (Å²) >= 11 is 1.93. The molecule has 3 nitrogen and oxygen atoms in total. The SMILES string of the molecule is CCOC(C)=O.c1cc2c(s1)CC1CCC2N1. The Balaban J connectivity index is 0.000000157. The highest BCUT2D eigenvalue weighted by atomic mass is 32.1. The molecule has 2 atom stereocenters. The quantitative estimate of drug-likeness (QED) is 0.782. The second kappa shape index (κ2) is 5.65. The van der Waals surface area contributed by atoms with E-state index in [4.69, 9.17) is 0 Å². The Bertz CT molecular complexity index is 389. The third kappa shape index (κ3) is 3.07. The number of esters is 1. The molecule has 1 aromatic heterocycles. The summed E-state index contributed by atoms with van der Waals surface area (Å²) in [5, 5.41) is 5.87. The average Bonchev–Trinajstić information content (AvgIpc) is 2.88. The van der Waals surface area contributed by atoms with Crippen molar-refractivity contribution in [1.82, 2.24) is 5.32 Å². The van der Waals surface area contributed by atoms with Crippen molar-refractivity contribution in [2.75, 3.05) is 6.61 Å². The number of carbonyl (C=O) groups is 1. The van der Waals surface area contributed by atoms with Crippen molar-refractivity contribution in [2.24, 2.45) is 0 Å². The van der Waals surface area contributed by atoms with Gasteiger partial charge in [0.05, 0.1) is 6.61 Å². The molecule has 17 heavy (non-hydrogen) atoms. The van der Waals surface area contributed by atoms with E-state index in [2.05, 4.69) is 21.5 Å². The number of rotatable bonds is 1. The minimum absolute atomic E-state index is 0.211. The predicted molar refractivity (Wildman–Crippen MR) is 69.2 cm³/mol. The predicted octanol–water partition coefficient (Wildman–Crippen LogP) is 2.67. The number of ether oxygens (including phenoxy) is 1. The minimum atomic E-state index is -0.211. The van der Waals surface area contributed by atoms with Crippen molar-refractivity contribution < 1.29 is 9.53 Å². The molecule has 0 saturated carbocycles. The third-order valence-electron chi connectivity index (χ3n) is 3.18. The molecule has 0 amide bonds. The number of nitrogens with one attached hydrogen (secondary N) is 1. The van der Waals surface area contributed by atoms with E-state index in [0.717, 1.165) is 6.04 Å². The molecule has 2 aliphatic heterocycles. The molecule has 4 heteroatoms. The number of carbonyl (C=O) groups excluding carboxylic acids is 1. The van der Waals surface area contributed by atoms with Gasteiger partial charge in [0.1, 0.15) is 0 Å². The van der Waals surface area contributed by atoms with Crippen LogP contribution in [-0.4, -0.2) is 18.6 Å². The smallest absolute Gasteiger partial charge is 0.302 e. The lowest BCUT2D eigenvalue weighted by Gasteiger charge is -2.20. The molecular formula is C13H19NO2S. The van der Waals surface area contributed by atoms with Crippen LogP contribution in [0.2, 0.25) is 0 Å². The zero-order chi connectivity index (χ0) is 12.3. The first-order valence-corrected chi connectivity index (χ1v) is 7.04. The van der Waals surface area contributed by atoms with Crippen molar-refractivity contribution in [1.29, 1.82) is 0 Å². The fourth-order valence-electron chi connectivity index (χ4n) is 2.48. The Morgan fingerprint density at radius 3 is 3.06 bits per heavy atom. The molecule has 0 spiro atoms. The van der Waals surface area contributed by atoms with Crippen LogP contribution in [-0.2, 0) is 16.0 Å². The van der Waals surface area contributed by atoms with Crippen LogP contribution < -0.4 is 5.32 Å². The van der Waals surface area contributed by atoms with Crippen LogP contribution in [0.5, 0.6) is 0 Å². The minimum Gasteiger partial charge on any atom is -0.466 e. The summed E-state index contributed by atoms with van der Waals surface area (Å²) in [7, 11) is 0. The molecule has 2 unspecified atom stereocenters. The Kier molecular flexibility index (Phi) is 4.18. The van der Waals surface area contributed by atoms with Gasteiger partial charge in [-0.25, -0.2) is 0 Å². The molecule has 2 bridgehead atoms. The highest BCUT2D eigenvalue weighted by Crippen LogP contribution is 2.38. The van der Waals surface area contributed by atoms with E-state index in [1.54, 1.807) is 17.4 Å². The second-order valence-electron chi connectivity index (χ2n) is 4.42. The van der Waals surface area contributed by atoms with Gasteiger partial charge in [-0.15, -0.1) is 11.3 Å². The first-order chi connectivity index (χ1) is 8.20. The molecule has 3 rings (SSSR count). The van der Waals surface area contributed by atoms with Crippen LogP contribution in [0.3, 0.4) is 0 Å². The van der Waals surface area contributed by atoms with Gasteiger partial charge >= 0.3 is 5.97 Å². The zero-order valence-electron chi connectivity index (χ0n) is 10.4. The molecule has 94 valence electrons. The summed E-state index contributed by atoms with van der Waals surface area (Å²) < 4.78 is 4.40. The van der Waals surface area contributed by atoms with Crippen LogP contribution in [0.25, 0.3) is 0 Å². The van der Waals surface area contributed by atoms with Gasteiger partial charge in [0.15, 0.2) is 0 Å². The van der Waals surface area contributed by atoms with Crippen LogP contribution in [0, 0.1) is 0 Å². The molecule has 0 radical (unpaired) electrons. The van der Waals surface area contributed by atoms with E-state index in [-0.39, 0.29) is 5.97 Å². The summed E-state index contributed by atoms with van der Waals surface area (Å²) in [5.74, 6) is -0.211. The third-order valence-corrected chi connectivity index (χ3v) is 4.13. The van der Waals surface area contributed by atoms with Gasteiger partial charge in [0.25, 0.3) is 0 Å². The first kappa shape index (κ1) is 12.6. The van der Waals surface area contributed by atoms with Crippen LogP contribution >= 0.6 is 11.3 Å². The van der Waals surface area contributed by atoms with Gasteiger partial charge < -0.3 is 10.1 Å². The Morgan fingerprint density at radius 1 is 1.59 bits per heavy atom. The molecule has 0 aliphatic carbocycles. The van der Waals surface area contributed by atoms with Gasteiger partial charge in [-0.3, -0.25) is 4.79 Å². The van der Waals surface area contributed by atoms with Crippen LogP contribution in [0.15, 0.2) is 11.4 Å². The zero-order valence-corrected chi connectivity index (χ0v) is 11.2. The van der Waals surface area contributed by atoms with Gasteiger partial charge in [0.2, 0.25) is 0 Å². The molecule has 0 aromatic carbocycles. The summed E-state index contributed by atoms with van der Waals surface area (Å²) in [6.07, 6.45) is 4.02. The van der Waals surface area contributed by atoms with E-state index >= 15 is 0 Å². The van der Waals surface area contributed by atoms with Crippen LogP contribution in [0.4, 0.5) is 0 Å². The van der Waals surface area contributed by atoms with Gasteiger partial charge in [-0.05, 0) is 43.2 Å². The number of fused-ring (bicyclic) bond motifs is 4. The number of hydrogen-bond acceptors (Lipinski definition) is 4. The van der Waals surface area contributed by atoms with Crippen molar-refractivity contribution in [3.05, 3.63) is 21.9 Å². The highest BCUT2D eigenvalue weighted by Gasteiger charge is 2.32. The van der Waals surface area contributed by atoms with Crippen molar-refractivity contribution in [3.8, 4) is 0 Å². The maximum absolute atomic E-state index is 9.82. The Labute approximate surface area is 106 Å². The molecule has 2 aliphatic rings. The molecule has 1 aromatic rings. The van der Waals surface area contributed by atoms with E-state index in [9.17, 15) is 4.79 Å². The topological polar surface area (TPSA) is 38.3 Å².